The lowest BCUT2D eigenvalue weighted by Crippen LogP contribution is -2.43. The van der Waals surface area contributed by atoms with Crippen molar-refractivity contribution in [1.29, 1.82) is 0 Å². The van der Waals surface area contributed by atoms with Crippen molar-refractivity contribution in [3.8, 4) is 0 Å². The van der Waals surface area contributed by atoms with Gasteiger partial charge < -0.3 is 10.6 Å². The Hall–Kier alpha value is -0.0800. The molecule has 3 aliphatic carbocycles. The van der Waals surface area contributed by atoms with Gasteiger partial charge in [-0.05, 0) is 62.3 Å². The minimum atomic E-state index is 0.771. The highest BCUT2D eigenvalue weighted by atomic mass is 15.1. The first-order valence-electron chi connectivity index (χ1n) is 7.40. The molecule has 0 aromatic rings. The zero-order chi connectivity index (χ0) is 10.5. The van der Waals surface area contributed by atoms with E-state index < -0.39 is 0 Å². The van der Waals surface area contributed by atoms with Crippen LogP contribution in [0.1, 0.15) is 38.5 Å². The Morgan fingerprint density at radius 3 is 2.50 bits per heavy atom. The molecule has 4 fully saturated rings. The molecule has 2 nitrogen and oxygen atoms in total. The van der Waals surface area contributed by atoms with Crippen LogP contribution < -0.4 is 10.6 Å². The first kappa shape index (κ1) is 9.90. The standard InChI is InChI=1S/C14H24N2/c1-2-6-15-11(3-1)8-16-14-12-9-4-5-10(7-9)13(12)14/h9-16H,1-8H2. The molecule has 16 heavy (non-hydrogen) atoms. The summed E-state index contributed by atoms with van der Waals surface area (Å²) in [7, 11) is 0. The lowest BCUT2D eigenvalue weighted by molar-refractivity contribution is 0.366. The second-order valence-electron chi connectivity index (χ2n) is 6.57. The minimum Gasteiger partial charge on any atom is -0.313 e. The van der Waals surface area contributed by atoms with Crippen LogP contribution in [0.5, 0.6) is 0 Å². The molecule has 0 radical (unpaired) electrons. The van der Waals surface area contributed by atoms with E-state index in [-0.39, 0.29) is 0 Å². The Labute approximate surface area is 98.6 Å². The predicted molar refractivity (Wildman–Crippen MR) is 65.2 cm³/mol. The van der Waals surface area contributed by atoms with Crippen LogP contribution in [-0.2, 0) is 0 Å². The molecule has 0 amide bonds. The molecule has 1 heterocycles. The molecule has 5 atom stereocenters. The summed E-state index contributed by atoms with van der Waals surface area (Å²) in [6, 6.07) is 1.70. The van der Waals surface area contributed by atoms with Gasteiger partial charge in [-0.3, -0.25) is 0 Å². The molecule has 4 rings (SSSR count). The van der Waals surface area contributed by atoms with Gasteiger partial charge in [0.2, 0.25) is 0 Å². The highest BCUT2D eigenvalue weighted by Crippen LogP contribution is 2.65. The molecule has 0 aromatic carbocycles. The molecule has 0 spiro atoms. The lowest BCUT2D eigenvalue weighted by Gasteiger charge is -2.24. The molecule has 2 bridgehead atoms. The Morgan fingerprint density at radius 2 is 1.81 bits per heavy atom. The summed E-state index contributed by atoms with van der Waals surface area (Å²) in [5, 5.41) is 7.51. The molecule has 0 aromatic heterocycles. The van der Waals surface area contributed by atoms with Gasteiger partial charge >= 0.3 is 0 Å². The zero-order valence-corrected chi connectivity index (χ0v) is 10.1. The van der Waals surface area contributed by atoms with Gasteiger partial charge in [-0.15, -0.1) is 0 Å². The van der Waals surface area contributed by atoms with Crippen molar-refractivity contribution in [2.45, 2.75) is 50.6 Å². The van der Waals surface area contributed by atoms with Crippen LogP contribution in [-0.4, -0.2) is 25.2 Å². The summed E-state index contributed by atoms with van der Waals surface area (Å²) >= 11 is 0. The van der Waals surface area contributed by atoms with Gasteiger partial charge in [0.1, 0.15) is 0 Å². The number of piperidine rings is 1. The van der Waals surface area contributed by atoms with E-state index in [1.807, 2.05) is 0 Å². The molecule has 5 unspecified atom stereocenters. The average molecular weight is 220 g/mol. The van der Waals surface area contributed by atoms with E-state index in [4.69, 9.17) is 0 Å². The molecule has 2 heteroatoms. The lowest BCUT2D eigenvalue weighted by atomic mass is 10.0. The molecule has 1 saturated heterocycles. The van der Waals surface area contributed by atoms with Crippen LogP contribution in [0, 0.1) is 23.7 Å². The van der Waals surface area contributed by atoms with Gasteiger partial charge in [0.05, 0.1) is 0 Å². The number of hydrogen-bond donors (Lipinski definition) is 2. The van der Waals surface area contributed by atoms with Crippen molar-refractivity contribution in [2.24, 2.45) is 23.7 Å². The smallest absolute Gasteiger partial charge is 0.0192 e. The Bertz CT molecular complexity index is 256. The number of nitrogens with one attached hydrogen (secondary N) is 2. The van der Waals surface area contributed by atoms with Gasteiger partial charge in [0.25, 0.3) is 0 Å². The topological polar surface area (TPSA) is 24.1 Å². The van der Waals surface area contributed by atoms with Crippen molar-refractivity contribution >= 4 is 0 Å². The van der Waals surface area contributed by atoms with Gasteiger partial charge in [-0.25, -0.2) is 0 Å². The fraction of sp³-hybridized carbons (Fsp3) is 1.00. The van der Waals surface area contributed by atoms with E-state index in [1.165, 1.54) is 32.4 Å². The number of fused-ring (bicyclic) bond motifs is 5. The second-order valence-corrected chi connectivity index (χ2v) is 6.57. The van der Waals surface area contributed by atoms with Crippen molar-refractivity contribution < 1.29 is 0 Å². The molecule has 4 aliphatic rings. The first-order valence-corrected chi connectivity index (χ1v) is 7.40. The molecule has 1 aliphatic heterocycles. The largest absolute Gasteiger partial charge is 0.313 e. The summed E-state index contributed by atoms with van der Waals surface area (Å²) < 4.78 is 0. The van der Waals surface area contributed by atoms with E-state index in [2.05, 4.69) is 10.6 Å². The van der Waals surface area contributed by atoms with E-state index in [1.54, 1.807) is 19.3 Å². The Morgan fingerprint density at radius 1 is 1.00 bits per heavy atom. The van der Waals surface area contributed by atoms with Crippen LogP contribution in [0.15, 0.2) is 0 Å². The highest BCUT2D eigenvalue weighted by molar-refractivity contribution is 5.16. The van der Waals surface area contributed by atoms with E-state index in [0.717, 1.165) is 35.8 Å². The van der Waals surface area contributed by atoms with Crippen molar-refractivity contribution in [3.63, 3.8) is 0 Å². The van der Waals surface area contributed by atoms with Gasteiger partial charge in [-0.1, -0.05) is 6.42 Å². The normalized spacial score (nSPS) is 54.0. The quantitative estimate of drug-likeness (QED) is 0.757. The fourth-order valence-electron chi connectivity index (χ4n) is 4.97. The monoisotopic (exact) mass is 220 g/mol. The third-order valence-corrected chi connectivity index (χ3v) is 5.75. The molecule has 90 valence electrons. The number of hydrogen-bond acceptors (Lipinski definition) is 2. The van der Waals surface area contributed by atoms with Gasteiger partial charge in [-0.2, -0.15) is 0 Å². The molecule has 3 saturated carbocycles. The minimum absolute atomic E-state index is 0.771. The molecule has 2 N–H and O–H groups in total. The van der Waals surface area contributed by atoms with Gasteiger partial charge in [0, 0.05) is 18.6 Å². The molecular weight excluding hydrogens is 196 g/mol. The maximum atomic E-state index is 3.87. The summed E-state index contributed by atoms with van der Waals surface area (Å²) in [6.45, 7) is 2.48. The predicted octanol–water partition coefficient (Wildman–Crippen LogP) is 1.76. The maximum absolute atomic E-state index is 3.87. The maximum Gasteiger partial charge on any atom is 0.0192 e. The number of rotatable bonds is 3. The van der Waals surface area contributed by atoms with Crippen LogP contribution in [0.2, 0.25) is 0 Å². The third kappa shape index (κ3) is 1.46. The van der Waals surface area contributed by atoms with Crippen LogP contribution in [0.4, 0.5) is 0 Å². The first-order chi connectivity index (χ1) is 7.93. The summed E-state index contributed by atoms with van der Waals surface area (Å²) in [4.78, 5) is 0. The summed E-state index contributed by atoms with van der Waals surface area (Å²) in [5.74, 6) is 4.43. The van der Waals surface area contributed by atoms with Crippen LogP contribution >= 0.6 is 0 Å². The fourth-order valence-corrected chi connectivity index (χ4v) is 4.97. The van der Waals surface area contributed by atoms with Crippen molar-refractivity contribution in [2.75, 3.05) is 13.1 Å². The second kappa shape index (κ2) is 3.71. The van der Waals surface area contributed by atoms with E-state index in [9.17, 15) is 0 Å². The van der Waals surface area contributed by atoms with Gasteiger partial charge in [0.15, 0.2) is 0 Å². The Balaban J connectivity index is 1.28. The summed E-state index contributed by atoms with van der Waals surface area (Å²) in [5.41, 5.74) is 0. The average Bonchev–Trinajstić information content (AvgIpc) is 2.72. The van der Waals surface area contributed by atoms with E-state index in [0.29, 0.717) is 0 Å². The van der Waals surface area contributed by atoms with Crippen LogP contribution in [0.3, 0.4) is 0 Å². The highest BCUT2D eigenvalue weighted by Gasteiger charge is 2.64. The molecular formula is C14H24N2. The van der Waals surface area contributed by atoms with Crippen LogP contribution in [0.25, 0.3) is 0 Å². The Kier molecular flexibility index (Phi) is 2.29. The summed E-state index contributed by atoms with van der Waals surface area (Å²) in [6.07, 6.45) is 8.88. The zero-order valence-electron chi connectivity index (χ0n) is 10.1. The third-order valence-electron chi connectivity index (χ3n) is 5.75. The van der Waals surface area contributed by atoms with Crippen molar-refractivity contribution in [3.05, 3.63) is 0 Å². The van der Waals surface area contributed by atoms with Crippen molar-refractivity contribution in [1.82, 2.24) is 10.6 Å². The SMILES string of the molecule is C1CCC(CNC2C3C4CCC(C4)C23)NC1. The van der Waals surface area contributed by atoms with E-state index >= 15 is 0 Å².